The minimum atomic E-state index is 0.418. The molecule has 1 aliphatic carbocycles. The minimum absolute atomic E-state index is 0.418. The molecule has 2 heteroatoms. The predicted octanol–water partition coefficient (Wildman–Crippen LogP) is 2.39. The molecule has 0 bridgehead atoms. The molecule has 1 aromatic carbocycles. The van der Waals surface area contributed by atoms with Gasteiger partial charge in [-0.3, -0.25) is 4.90 Å². The molecule has 2 N–H and O–H groups in total. The number of likely N-dealkylation sites (tertiary alicyclic amines) is 1. The lowest BCUT2D eigenvalue weighted by Gasteiger charge is -2.48. The molecule has 2 aliphatic rings. The summed E-state index contributed by atoms with van der Waals surface area (Å²) in [5.74, 6) is 0.804. The van der Waals surface area contributed by atoms with Gasteiger partial charge in [-0.1, -0.05) is 36.8 Å². The molecular formula is C15H22N2. The summed E-state index contributed by atoms with van der Waals surface area (Å²) in [6, 6.07) is 11.8. The normalized spacial score (nSPS) is 27.2. The third-order valence-electron chi connectivity index (χ3n) is 4.55. The van der Waals surface area contributed by atoms with Crippen molar-refractivity contribution in [2.75, 3.05) is 6.54 Å². The van der Waals surface area contributed by atoms with Crippen LogP contribution in [0.1, 0.15) is 31.2 Å². The maximum atomic E-state index is 6.39. The molecule has 92 valence electrons. The van der Waals surface area contributed by atoms with Gasteiger partial charge in [0.15, 0.2) is 0 Å². The fourth-order valence-electron chi connectivity index (χ4n) is 3.05. The van der Waals surface area contributed by atoms with Crippen LogP contribution in [0.25, 0.3) is 0 Å². The van der Waals surface area contributed by atoms with Crippen LogP contribution in [0.4, 0.5) is 0 Å². The second-order valence-electron chi connectivity index (χ2n) is 5.58. The van der Waals surface area contributed by atoms with Gasteiger partial charge in [0.1, 0.15) is 0 Å². The lowest BCUT2D eigenvalue weighted by molar-refractivity contribution is 0.0320. The lowest BCUT2D eigenvalue weighted by Crippen LogP contribution is -2.59. The number of nitrogens with zero attached hydrogens (tertiary/aromatic N) is 1. The molecule has 3 rings (SSSR count). The van der Waals surface area contributed by atoms with E-state index in [0.29, 0.717) is 12.1 Å². The van der Waals surface area contributed by atoms with Crippen molar-refractivity contribution < 1.29 is 0 Å². The zero-order valence-corrected chi connectivity index (χ0v) is 10.4. The van der Waals surface area contributed by atoms with Crippen LogP contribution in [0.5, 0.6) is 0 Å². The van der Waals surface area contributed by atoms with E-state index in [1.807, 2.05) is 0 Å². The van der Waals surface area contributed by atoms with Gasteiger partial charge in [-0.15, -0.1) is 0 Å². The highest BCUT2D eigenvalue weighted by molar-refractivity contribution is 5.15. The second kappa shape index (κ2) is 4.79. The van der Waals surface area contributed by atoms with Crippen molar-refractivity contribution in [2.45, 2.75) is 44.3 Å². The van der Waals surface area contributed by atoms with Gasteiger partial charge in [0.25, 0.3) is 0 Å². The van der Waals surface area contributed by atoms with E-state index in [9.17, 15) is 0 Å². The summed E-state index contributed by atoms with van der Waals surface area (Å²) < 4.78 is 0. The Hall–Kier alpha value is -0.860. The summed E-state index contributed by atoms with van der Waals surface area (Å²) in [5.41, 5.74) is 7.80. The number of hydrogen-bond acceptors (Lipinski definition) is 2. The van der Waals surface area contributed by atoms with Gasteiger partial charge in [0.2, 0.25) is 0 Å². The minimum Gasteiger partial charge on any atom is -0.326 e. The molecule has 2 fully saturated rings. The molecule has 2 unspecified atom stereocenters. The monoisotopic (exact) mass is 230 g/mol. The number of rotatable bonds is 4. The molecular weight excluding hydrogens is 208 g/mol. The van der Waals surface area contributed by atoms with E-state index < -0.39 is 0 Å². The topological polar surface area (TPSA) is 29.3 Å². The molecule has 1 saturated carbocycles. The fraction of sp³-hybridized carbons (Fsp3) is 0.600. The molecule has 0 amide bonds. The average molecular weight is 230 g/mol. The zero-order valence-electron chi connectivity index (χ0n) is 10.4. The van der Waals surface area contributed by atoms with Gasteiger partial charge in [0, 0.05) is 25.2 Å². The van der Waals surface area contributed by atoms with E-state index in [2.05, 4.69) is 35.2 Å². The van der Waals surface area contributed by atoms with Crippen LogP contribution >= 0.6 is 0 Å². The quantitative estimate of drug-likeness (QED) is 0.860. The second-order valence-corrected chi connectivity index (χ2v) is 5.58. The van der Waals surface area contributed by atoms with E-state index >= 15 is 0 Å². The van der Waals surface area contributed by atoms with E-state index in [1.165, 1.54) is 37.8 Å². The molecule has 0 radical (unpaired) electrons. The van der Waals surface area contributed by atoms with Crippen molar-refractivity contribution in [3.63, 3.8) is 0 Å². The highest BCUT2D eigenvalue weighted by Crippen LogP contribution is 2.34. The summed E-state index contributed by atoms with van der Waals surface area (Å²) in [6.45, 7) is 2.30. The standard InChI is InChI=1S/C15H22N2/c16-15(13-7-4-8-13)14-9-10-17(14)11-12-5-2-1-3-6-12/h1-3,5-6,13-15H,4,7-11,16H2. The van der Waals surface area contributed by atoms with Crippen LogP contribution in [0.15, 0.2) is 30.3 Å². The highest BCUT2D eigenvalue weighted by Gasteiger charge is 2.38. The van der Waals surface area contributed by atoms with Crippen molar-refractivity contribution in [3.8, 4) is 0 Å². The molecule has 1 heterocycles. The van der Waals surface area contributed by atoms with Gasteiger partial charge in [-0.25, -0.2) is 0 Å². The summed E-state index contributed by atoms with van der Waals surface area (Å²) in [4.78, 5) is 2.55. The van der Waals surface area contributed by atoms with Crippen LogP contribution < -0.4 is 5.73 Å². The maximum Gasteiger partial charge on any atom is 0.0265 e. The van der Waals surface area contributed by atoms with Crippen LogP contribution in [0, 0.1) is 5.92 Å². The molecule has 1 saturated heterocycles. The van der Waals surface area contributed by atoms with Gasteiger partial charge in [-0.05, 0) is 30.7 Å². The fourth-order valence-corrected chi connectivity index (χ4v) is 3.05. The van der Waals surface area contributed by atoms with Crippen molar-refractivity contribution in [3.05, 3.63) is 35.9 Å². The highest BCUT2D eigenvalue weighted by atomic mass is 15.2. The summed E-state index contributed by atoms with van der Waals surface area (Å²) in [5, 5.41) is 0. The largest absolute Gasteiger partial charge is 0.326 e. The lowest BCUT2D eigenvalue weighted by atomic mass is 9.75. The van der Waals surface area contributed by atoms with Crippen LogP contribution in [-0.2, 0) is 6.54 Å². The summed E-state index contributed by atoms with van der Waals surface area (Å²) >= 11 is 0. The Kier molecular flexibility index (Phi) is 3.17. The first-order valence-electron chi connectivity index (χ1n) is 6.88. The Balaban J connectivity index is 1.57. The van der Waals surface area contributed by atoms with E-state index in [0.717, 1.165) is 12.5 Å². The van der Waals surface area contributed by atoms with E-state index in [4.69, 9.17) is 5.73 Å². The number of nitrogens with two attached hydrogens (primary N) is 1. The van der Waals surface area contributed by atoms with Gasteiger partial charge in [-0.2, -0.15) is 0 Å². The van der Waals surface area contributed by atoms with Crippen molar-refractivity contribution in [2.24, 2.45) is 11.7 Å². The van der Waals surface area contributed by atoms with Crippen LogP contribution in [-0.4, -0.2) is 23.5 Å². The number of benzene rings is 1. The molecule has 2 nitrogen and oxygen atoms in total. The smallest absolute Gasteiger partial charge is 0.0265 e. The maximum absolute atomic E-state index is 6.39. The van der Waals surface area contributed by atoms with Gasteiger partial charge in [0.05, 0.1) is 0 Å². The van der Waals surface area contributed by atoms with Crippen LogP contribution in [0.2, 0.25) is 0 Å². The van der Waals surface area contributed by atoms with E-state index in [-0.39, 0.29) is 0 Å². The van der Waals surface area contributed by atoms with Crippen LogP contribution in [0.3, 0.4) is 0 Å². The summed E-state index contributed by atoms with van der Waals surface area (Å²) in [7, 11) is 0. The summed E-state index contributed by atoms with van der Waals surface area (Å²) in [6.07, 6.45) is 5.40. The number of hydrogen-bond donors (Lipinski definition) is 1. The first-order chi connectivity index (χ1) is 8.34. The SMILES string of the molecule is NC(C1CCC1)C1CCN1Cc1ccccc1. The van der Waals surface area contributed by atoms with E-state index in [1.54, 1.807) is 0 Å². The Morgan fingerprint density at radius 2 is 1.94 bits per heavy atom. The average Bonchev–Trinajstić information content (AvgIpc) is 2.23. The predicted molar refractivity (Wildman–Crippen MR) is 70.6 cm³/mol. The van der Waals surface area contributed by atoms with Crippen molar-refractivity contribution in [1.82, 2.24) is 4.90 Å². The Morgan fingerprint density at radius 1 is 1.18 bits per heavy atom. The van der Waals surface area contributed by atoms with Crippen molar-refractivity contribution >= 4 is 0 Å². The molecule has 1 aliphatic heterocycles. The molecule has 17 heavy (non-hydrogen) atoms. The molecule has 1 aromatic rings. The first kappa shape index (κ1) is 11.2. The Morgan fingerprint density at radius 3 is 2.47 bits per heavy atom. The first-order valence-corrected chi connectivity index (χ1v) is 6.88. The Bertz CT molecular complexity index is 358. The van der Waals surface area contributed by atoms with Gasteiger partial charge >= 0.3 is 0 Å². The molecule has 0 aromatic heterocycles. The zero-order chi connectivity index (χ0) is 11.7. The third kappa shape index (κ3) is 2.24. The van der Waals surface area contributed by atoms with Crippen molar-refractivity contribution in [1.29, 1.82) is 0 Å². The molecule has 0 spiro atoms. The van der Waals surface area contributed by atoms with Gasteiger partial charge < -0.3 is 5.73 Å². The molecule has 2 atom stereocenters. The third-order valence-corrected chi connectivity index (χ3v) is 4.55. The Labute approximate surface area is 104 Å².